The summed E-state index contributed by atoms with van der Waals surface area (Å²) in [6, 6.07) is 17.5. The number of hydrogen-bond acceptors (Lipinski definition) is 5. The lowest BCUT2D eigenvalue weighted by Crippen LogP contribution is -2.19. The maximum Gasteiger partial charge on any atom is 0.242 e. The second kappa shape index (κ2) is 7.84. The fourth-order valence-electron chi connectivity index (χ4n) is 2.83. The van der Waals surface area contributed by atoms with E-state index in [2.05, 4.69) is 20.1 Å². The number of aromatic nitrogens is 3. The Hall–Kier alpha value is -2.80. The van der Waals surface area contributed by atoms with E-state index in [0.717, 1.165) is 23.6 Å². The summed E-state index contributed by atoms with van der Waals surface area (Å²) >= 11 is 1.43. The van der Waals surface area contributed by atoms with Crippen LogP contribution in [0, 0.1) is 0 Å². The molecule has 1 saturated carbocycles. The molecule has 0 aliphatic heterocycles. The zero-order valence-corrected chi connectivity index (χ0v) is 15.7. The number of carbonyl (C=O) groups is 1. The second-order valence-electron chi connectivity index (χ2n) is 6.38. The molecule has 138 valence electrons. The zero-order valence-electron chi connectivity index (χ0n) is 14.9. The second-order valence-corrected chi connectivity index (χ2v) is 7.45. The first-order valence-electron chi connectivity index (χ1n) is 8.80. The largest absolute Gasteiger partial charge is 0.497 e. The van der Waals surface area contributed by atoms with Crippen LogP contribution in [0.15, 0.2) is 66.1 Å². The van der Waals surface area contributed by atoms with Gasteiger partial charge in [0.15, 0.2) is 5.16 Å². The van der Waals surface area contributed by atoms with Crippen molar-refractivity contribution in [3.8, 4) is 5.75 Å². The highest BCUT2D eigenvalue weighted by molar-refractivity contribution is 8.00. The van der Waals surface area contributed by atoms with Gasteiger partial charge in [-0.2, -0.15) is 0 Å². The number of rotatable bonds is 7. The van der Waals surface area contributed by atoms with E-state index in [1.165, 1.54) is 11.8 Å². The van der Waals surface area contributed by atoms with E-state index in [0.29, 0.717) is 17.5 Å². The molecule has 7 heteroatoms. The van der Waals surface area contributed by atoms with Gasteiger partial charge in [0.05, 0.1) is 7.11 Å². The van der Waals surface area contributed by atoms with Crippen molar-refractivity contribution in [3.05, 3.63) is 66.5 Å². The van der Waals surface area contributed by atoms with Gasteiger partial charge in [-0.25, -0.2) is 0 Å². The molecule has 0 saturated heterocycles. The molecule has 1 aliphatic carbocycles. The van der Waals surface area contributed by atoms with Gasteiger partial charge in [-0.1, -0.05) is 48.2 Å². The Morgan fingerprint density at radius 3 is 2.78 bits per heavy atom. The molecule has 2 aromatic carbocycles. The van der Waals surface area contributed by atoms with Gasteiger partial charge in [0, 0.05) is 17.8 Å². The van der Waals surface area contributed by atoms with E-state index < -0.39 is 5.25 Å². The number of thioether (sulfide) groups is 1. The van der Waals surface area contributed by atoms with E-state index in [9.17, 15) is 4.79 Å². The van der Waals surface area contributed by atoms with Crippen molar-refractivity contribution in [1.82, 2.24) is 14.8 Å². The molecule has 1 amide bonds. The number of amides is 1. The Morgan fingerprint density at radius 1 is 1.22 bits per heavy atom. The average molecular weight is 380 g/mol. The van der Waals surface area contributed by atoms with E-state index in [4.69, 9.17) is 4.74 Å². The number of nitrogens with one attached hydrogen (secondary N) is 1. The van der Waals surface area contributed by atoms with Gasteiger partial charge < -0.3 is 14.6 Å². The predicted octanol–water partition coefficient (Wildman–Crippen LogP) is 4.09. The molecule has 1 N–H and O–H groups in total. The fourth-order valence-corrected chi connectivity index (χ4v) is 3.92. The van der Waals surface area contributed by atoms with Crippen LogP contribution < -0.4 is 10.1 Å². The van der Waals surface area contributed by atoms with Crippen LogP contribution in [0.3, 0.4) is 0 Å². The number of hydrogen-bond donors (Lipinski definition) is 1. The molecule has 3 aromatic rings. The van der Waals surface area contributed by atoms with Crippen LogP contribution in [-0.4, -0.2) is 27.8 Å². The lowest BCUT2D eigenvalue weighted by atomic mass is 10.1. The first-order chi connectivity index (χ1) is 13.2. The standard InChI is InChI=1S/C20H20N4O2S/c1-26-17-9-5-8-15(12-17)22-19(25)18(14-6-3-2-4-7-14)27-20-23-21-13-24(20)16-10-11-16/h2-9,12-13,16,18H,10-11H2,1H3,(H,22,25). The van der Waals surface area contributed by atoms with Crippen LogP contribution in [0.5, 0.6) is 5.75 Å². The normalized spacial score (nSPS) is 14.6. The van der Waals surface area contributed by atoms with Gasteiger partial charge in [0.25, 0.3) is 0 Å². The molecule has 0 bridgehead atoms. The number of anilines is 1. The number of carbonyl (C=O) groups excluding carboxylic acids is 1. The number of benzene rings is 2. The van der Waals surface area contributed by atoms with E-state index in [-0.39, 0.29) is 5.91 Å². The highest BCUT2D eigenvalue weighted by Crippen LogP contribution is 2.41. The third-order valence-corrected chi connectivity index (χ3v) is 5.61. The molecule has 0 radical (unpaired) electrons. The minimum Gasteiger partial charge on any atom is -0.497 e. The number of ether oxygens (including phenoxy) is 1. The molecule has 6 nitrogen and oxygen atoms in total. The lowest BCUT2D eigenvalue weighted by molar-refractivity contribution is -0.115. The summed E-state index contributed by atoms with van der Waals surface area (Å²) in [4.78, 5) is 13.1. The predicted molar refractivity (Wildman–Crippen MR) is 105 cm³/mol. The van der Waals surface area contributed by atoms with Gasteiger partial charge in [0.2, 0.25) is 5.91 Å². The maximum atomic E-state index is 13.1. The SMILES string of the molecule is COc1cccc(NC(=O)C(Sc2nncn2C2CC2)c2ccccc2)c1. The molecular weight excluding hydrogens is 360 g/mol. The first kappa shape index (κ1) is 17.6. The minimum atomic E-state index is -0.431. The third-order valence-electron chi connectivity index (χ3n) is 4.38. The van der Waals surface area contributed by atoms with E-state index in [1.54, 1.807) is 19.5 Å². The van der Waals surface area contributed by atoms with Crippen molar-refractivity contribution in [1.29, 1.82) is 0 Å². The van der Waals surface area contributed by atoms with Crippen molar-refractivity contribution in [2.75, 3.05) is 12.4 Å². The van der Waals surface area contributed by atoms with Crippen LogP contribution >= 0.6 is 11.8 Å². The van der Waals surface area contributed by atoms with Crippen LogP contribution in [0.2, 0.25) is 0 Å². The molecule has 1 fully saturated rings. The van der Waals surface area contributed by atoms with Crippen molar-refractivity contribution in [2.24, 2.45) is 0 Å². The van der Waals surface area contributed by atoms with Crippen molar-refractivity contribution in [3.63, 3.8) is 0 Å². The molecule has 1 unspecified atom stereocenters. The highest BCUT2D eigenvalue weighted by atomic mass is 32.2. The Balaban J connectivity index is 1.59. The Labute approximate surface area is 162 Å². The summed E-state index contributed by atoms with van der Waals surface area (Å²) in [5.74, 6) is 0.593. The molecule has 1 heterocycles. The molecule has 27 heavy (non-hydrogen) atoms. The molecule has 1 aliphatic rings. The number of nitrogens with zero attached hydrogens (tertiary/aromatic N) is 3. The molecular formula is C20H20N4O2S. The molecule has 0 spiro atoms. The Morgan fingerprint density at radius 2 is 2.04 bits per heavy atom. The summed E-state index contributed by atoms with van der Waals surface area (Å²) < 4.78 is 7.31. The monoisotopic (exact) mass is 380 g/mol. The van der Waals surface area contributed by atoms with E-state index in [1.807, 2.05) is 48.5 Å². The first-order valence-corrected chi connectivity index (χ1v) is 9.68. The average Bonchev–Trinajstić information content (AvgIpc) is 3.45. The Bertz CT molecular complexity index is 924. The van der Waals surface area contributed by atoms with Crippen LogP contribution in [0.25, 0.3) is 0 Å². The topological polar surface area (TPSA) is 69.0 Å². The molecule has 4 rings (SSSR count). The Kier molecular flexibility index (Phi) is 5.11. The van der Waals surface area contributed by atoms with Gasteiger partial charge >= 0.3 is 0 Å². The van der Waals surface area contributed by atoms with Crippen molar-refractivity contribution in [2.45, 2.75) is 29.3 Å². The van der Waals surface area contributed by atoms with Crippen LogP contribution in [0.4, 0.5) is 5.69 Å². The highest BCUT2D eigenvalue weighted by Gasteiger charge is 2.30. The summed E-state index contributed by atoms with van der Waals surface area (Å²) in [7, 11) is 1.61. The van der Waals surface area contributed by atoms with Crippen molar-refractivity contribution < 1.29 is 9.53 Å². The summed E-state index contributed by atoms with van der Waals surface area (Å²) in [5.41, 5.74) is 1.62. The van der Waals surface area contributed by atoms with Gasteiger partial charge in [-0.15, -0.1) is 10.2 Å². The molecule has 1 aromatic heterocycles. The summed E-state index contributed by atoms with van der Waals surface area (Å²) in [6.45, 7) is 0. The quantitative estimate of drug-likeness (QED) is 0.625. The van der Waals surface area contributed by atoms with Gasteiger partial charge in [-0.3, -0.25) is 4.79 Å². The maximum absolute atomic E-state index is 13.1. The fraction of sp³-hybridized carbons (Fsp3) is 0.250. The van der Waals surface area contributed by atoms with Crippen LogP contribution in [0.1, 0.15) is 29.7 Å². The van der Waals surface area contributed by atoms with Crippen LogP contribution in [-0.2, 0) is 4.79 Å². The van der Waals surface area contributed by atoms with Crippen molar-refractivity contribution >= 4 is 23.4 Å². The smallest absolute Gasteiger partial charge is 0.242 e. The van der Waals surface area contributed by atoms with Gasteiger partial charge in [-0.05, 0) is 30.5 Å². The van der Waals surface area contributed by atoms with E-state index >= 15 is 0 Å². The third kappa shape index (κ3) is 4.14. The molecule has 1 atom stereocenters. The van der Waals surface area contributed by atoms with Gasteiger partial charge in [0.1, 0.15) is 17.3 Å². The summed E-state index contributed by atoms with van der Waals surface area (Å²) in [6.07, 6.45) is 4.03. The number of methoxy groups -OCH3 is 1. The lowest BCUT2D eigenvalue weighted by Gasteiger charge is -2.17. The summed E-state index contributed by atoms with van der Waals surface area (Å²) in [5, 5.41) is 11.6. The minimum absolute atomic E-state index is 0.107. The zero-order chi connectivity index (χ0) is 18.6.